The zero-order chi connectivity index (χ0) is 20.2. The Labute approximate surface area is 175 Å². The summed E-state index contributed by atoms with van der Waals surface area (Å²) in [5.74, 6) is -0.330. The van der Waals surface area contributed by atoms with Crippen molar-refractivity contribution in [2.75, 3.05) is 26.4 Å². The van der Waals surface area contributed by atoms with Crippen LogP contribution in [0.25, 0.3) is 0 Å². The van der Waals surface area contributed by atoms with Crippen LogP contribution >= 0.6 is 0 Å². The van der Waals surface area contributed by atoms with Crippen LogP contribution in [-0.4, -0.2) is 32.2 Å². The standard InChI is InChI=1S/C25H48O3/c1-3-5-7-13-19-25(27-23-17-18-24-28-25)20-14-11-9-10-12-16-22-26-21-15-8-6-4-2/h17-18H,3-16,19-24H2,1-2H3. The number of rotatable bonds is 19. The first-order chi connectivity index (χ1) is 13.8. The smallest absolute Gasteiger partial charge is 0.169 e. The first kappa shape index (κ1) is 25.7. The first-order valence-corrected chi connectivity index (χ1v) is 12.3. The Morgan fingerprint density at radius 2 is 1.04 bits per heavy atom. The maximum absolute atomic E-state index is 6.15. The molecule has 3 heteroatoms. The van der Waals surface area contributed by atoms with Crippen molar-refractivity contribution < 1.29 is 14.2 Å². The summed E-state index contributed by atoms with van der Waals surface area (Å²) >= 11 is 0. The van der Waals surface area contributed by atoms with Crippen molar-refractivity contribution in [2.45, 2.75) is 122 Å². The van der Waals surface area contributed by atoms with Gasteiger partial charge in [-0.05, 0) is 25.7 Å². The van der Waals surface area contributed by atoms with Crippen molar-refractivity contribution in [1.82, 2.24) is 0 Å². The summed E-state index contributed by atoms with van der Waals surface area (Å²) in [4.78, 5) is 0. The van der Waals surface area contributed by atoms with Gasteiger partial charge >= 0.3 is 0 Å². The molecule has 0 N–H and O–H groups in total. The second kappa shape index (κ2) is 18.6. The van der Waals surface area contributed by atoms with E-state index in [0.717, 1.165) is 26.1 Å². The van der Waals surface area contributed by atoms with Gasteiger partial charge in [-0.3, -0.25) is 0 Å². The summed E-state index contributed by atoms with van der Waals surface area (Å²) in [6.07, 6.45) is 24.2. The highest BCUT2D eigenvalue weighted by Gasteiger charge is 2.31. The highest BCUT2D eigenvalue weighted by Crippen LogP contribution is 2.30. The Bertz CT molecular complexity index is 344. The highest BCUT2D eigenvalue weighted by atomic mass is 16.7. The van der Waals surface area contributed by atoms with E-state index in [1.807, 2.05) is 0 Å². The van der Waals surface area contributed by atoms with Gasteiger partial charge in [-0.1, -0.05) is 90.2 Å². The van der Waals surface area contributed by atoms with Gasteiger partial charge in [0, 0.05) is 26.1 Å². The molecule has 0 saturated carbocycles. The molecule has 0 spiro atoms. The van der Waals surface area contributed by atoms with Gasteiger partial charge in [-0.25, -0.2) is 0 Å². The monoisotopic (exact) mass is 396 g/mol. The lowest BCUT2D eigenvalue weighted by atomic mass is 9.99. The largest absolute Gasteiger partial charge is 0.381 e. The predicted molar refractivity (Wildman–Crippen MR) is 120 cm³/mol. The quantitative estimate of drug-likeness (QED) is 0.166. The Kier molecular flexibility index (Phi) is 17.1. The van der Waals surface area contributed by atoms with Crippen LogP contribution in [-0.2, 0) is 14.2 Å². The molecule has 28 heavy (non-hydrogen) atoms. The molecular formula is C25H48O3. The predicted octanol–water partition coefficient (Wildman–Crippen LogP) is 7.58. The Balaban J connectivity index is 2.03. The molecule has 1 aliphatic heterocycles. The summed E-state index contributed by atoms with van der Waals surface area (Å²) in [5, 5.41) is 0. The van der Waals surface area contributed by atoms with Crippen molar-refractivity contribution in [1.29, 1.82) is 0 Å². The van der Waals surface area contributed by atoms with Crippen LogP contribution in [0.1, 0.15) is 117 Å². The van der Waals surface area contributed by atoms with Crippen LogP contribution in [0.3, 0.4) is 0 Å². The lowest BCUT2D eigenvalue weighted by Crippen LogP contribution is -2.35. The fraction of sp³-hybridized carbons (Fsp3) is 0.920. The second-order valence-corrected chi connectivity index (χ2v) is 8.36. The zero-order valence-electron chi connectivity index (χ0n) is 19.0. The fourth-order valence-electron chi connectivity index (χ4n) is 3.85. The SMILES string of the molecule is CCCCCCOCCCCCCCCC1(CCCCCC)OCC=CCO1. The van der Waals surface area contributed by atoms with E-state index >= 15 is 0 Å². The first-order valence-electron chi connectivity index (χ1n) is 12.3. The Hall–Kier alpha value is -0.380. The molecule has 0 fully saturated rings. The van der Waals surface area contributed by atoms with E-state index in [2.05, 4.69) is 26.0 Å². The van der Waals surface area contributed by atoms with Crippen LogP contribution in [0.5, 0.6) is 0 Å². The molecule has 1 aliphatic rings. The molecule has 1 rings (SSSR count). The van der Waals surface area contributed by atoms with E-state index in [-0.39, 0.29) is 5.79 Å². The van der Waals surface area contributed by atoms with Crippen LogP contribution < -0.4 is 0 Å². The van der Waals surface area contributed by atoms with Gasteiger partial charge in [0.15, 0.2) is 5.79 Å². The molecule has 0 amide bonds. The molecule has 0 aliphatic carbocycles. The van der Waals surface area contributed by atoms with E-state index in [4.69, 9.17) is 14.2 Å². The van der Waals surface area contributed by atoms with E-state index in [9.17, 15) is 0 Å². The van der Waals surface area contributed by atoms with Crippen LogP contribution in [0.2, 0.25) is 0 Å². The summed E-state index contributed by atoms with van der Waals surface area (Å²) in [7, 11) is 0. The van der Waals surface area contributed by atoms with Crippen molar-refractivity contribution in [3.05, 3.63) is 12.2 Å². The number of hydrogen-bond donors (Lipinski definition) is 0. The average Bonchev–Trinajstić information content (AvgIpc) is 2.95. The highest BCUT2D eigenvalue weighted by molar-refractivity contribution is 4.87. The molecular weight excluding hydrogens is 348 g/mol. The van der Waals surface area contributed by atoms with Crippen molar-refractivity contribution >= 4 is 0 Å². The Morgan fingerprint density at radius 1 is 0.607 bits per heavy atom. The average molecular weight is 397 g/mol. The van der Waals surface area contributed by atoms with Crippen molar-refractivity contribution in [3.63, 3.8) is 0 Å². The van der Waals surface area contributed by atoms with Crippen LogP contribution in [0.15, 0.2) is 12.2 Å². The van der Waals surface area contributed by atoms with Gasteiger partial charge in [-0.2, -0.15) is 0 Å². The molecule has 0 unspecified atom stereocenters. The van der Waals surface area contributed by atoms with Crippen molar-refractivity contribution in [2.24, 2.45) is 0 Å². The van der Waals surface area contributed by atoms with E-state index in [0.29, 0.717) is 13.2 Å². The fourth-order valence-corrected chi connectivity index (χ4v) is 3.85. The molecule has 1 heterocycles. The van der Waals surface area contributed by atoms with Gasteiger partial charge in [0.2, 0.25) is 0 Å². The van der Waals surface area contributed by atoms with E-state index in [1.165, 1.54) is 89.9 Å². The van der Waals surface area contributed by atoms with Crippen LogP contribution in [0, 0.1) is 0 Å². The second-order valence-electron chi connectivity index (χ2n) is 8.36. The lowest BCUT2D eigenvalue weighted by molar-refractivity contribution is -0.231. The number of unbranched alkanes of at least 4 members (excludes halogenated alkanes) is 11. The minimum atomic E-state index is -0.330. The summed E-state index contributed by atoms with van der Waals surface area (Å²) in [6, 6.07) is 0. The molecule has 0 aromatic heterocycles. The van der Waals surface area contributed by atoms with Gasteiger partial charge in [0.1, 0.15) is 0 Å². The molecule has 0 bridgehead atoms. The third-order valence-corrected chi connectivity index (χ3v) is 5.70. The molecule has 166 valence electrons. The molecule has 0 radical (unpaired) electrons. The summed E-state index contributed by atoms with van der Waals surface area (Å²) in [5.41, 5.74) is 0. The van der Waals surface area contributed by atoms with Gasteiger partial charge < -0.3 is 14.2 Å². The normalized spacial score (nSPS) is 16.4. The van der Waals surface area contributed by atoms with Crippen LogP contribution in [0.4, 0.5) is 0 Å². The third-order valence-electron chi connectivity index (χ3n) is 5.70. The zero-order valence-corrected chi connectivity index (χ0v) is 19.0. The molecule has 0 aromatic rings. The van der Waals surface area contributed by atoms with E-state index < -0.39 is 0 Å². The third kappa shape index (κ3) is 13.7. The molecule has 0 saturated heterocycles. The minimum absolute atomic E-state index is 0.330. The maximum Gasteiger partial charge on any atom is 0.169 e. The van der Waals surface area contributed by atoms with Gasteiger partial charge in [-0.15, -0.1) is 0 Å². The van der Waals surface area contributed by atoms with Gasteiger partial charge in [0.05, 0.1) is 13.2 Å². The summed E-state index contributed by atoms with van der Waals surface area (Å²) in [6.45, 7) is 7.81. The number of ether oxygens (including phenoxy) is 3. The summed E-state index contributed by atoms with van der Waals surface area (Å²) < 4.78 is 18.0. The van der Waals surface area contributed by atoms with Crippen molar-refractivity contribution in [3.8, 4) is 0 Å². The minimum Gasteiger partial charge on any atom is -0.381 e. The van der Waals surface area contributed by atoms with Gasteiger partial charge in [0.25, 0.3) is 0 Å². The molecule has 0 atom stereocenters. The number of hydrogen-bond acceptors (Lipinski definition) is 3. The lowest BCUT2D eigenvalue weighted by Gasteiger charge is -2.32. The van der Waals surface area contributed by atoms with E-state index in [1.54, 1.807) is 0 Å². The Morgan fingerprint density at radius 3 is 1.57 bits per heavy atom. The molecule has 3 nitrogen and oxygen atoms in total. The molecule has 0 aromatic carbocycles. The topological polar surface area (TPSA) is 27.7 Å². The maximum atomic E-state index is 6.15.